The molecule has 0 aliphatic heterocycles. The van der Waals surface area contributed by atoms with E-state index in [-0.39, 0.29) is 15.9 Å². The number of thiocarbonyl (C=S) groups is 1. The average Bonchev–Trinajstić information content (AvgIpc) is 2.71. The molecular formula is C23H37N3O4S2. The molecule has 0 spiro atoms. The topological polar surface area (TPSA) is 104 Å². The molecule has 0 radical (unpaired) electrons. The number of unbranched alkanes of at least 4 members (excludes halogenated alkanes) is 10. The van der Waals surface area contributed by atoms with E-state index in [2.05, 4.69) is 17.6 Å². The smallest absolute Gasteiger partial charge is 0.264 e. The van der Waals surface area contributed by atoms with E-state index in [4.69, 9.17) is 12.2 Å². The largest absolute Gasteiger partial charge is 0.332 e. The molecule has 1 aromatic carbocycles. The third kappa shape index (κ3) is 12.8. The van der Waals surface area contributed by atoms with Gasteiger partial charge in [0.05, 0.1) is 4.90 Å². The van der Waals surface area contributed by atoms with Gasteiger partial charge in [-0.2, -0.15) is 0 Å². The van der Waals surface area contributed by atoms with E-state index in [9.17, 15) is 18.0 Å². The number of rotatable bonds is 15. The predicted molar refractivity (Wildman–Crippen MR) is 133 cm³/mol. The summed E-state index contributed by atoms with van der Waals surface area (Å²) in [5.41, 5.74) is 0.534. The lowest BCUT2D eigenvalue weighted by molar-refractivity contribution is -0.120. The van der Waals surface area contributed by atoms with Crippen molar-refractivity contribution in [1.29, 1.82) is 0 Å². The van der Waals surface area contributed by atoms with Crippen molar-refractivity contribution in [3.8, 4) is 0 Å². The number of anilines is 1. The number of amides is 2. The molecule has 180 valence electrons. The molecule has 1 aromatic rings. The van der Waals surface area contributed by atoms with Crippen molar-refractivity contribution in [2.75, 3.05) is 5.32 Å². The van der Waals surface area contributed by atoms with Crippen LogP contribution in [-0.2, 0) is 19.6 Å². The molecule has 0 saturated carbocycles. The molecule has 7 nitrogen and oxygen atoms in total. The van der Waals surface area contributed by atoms with Crippen molar-refractivity contribution >= 4 is 44.9 Å². The highest BCUT2D eigenvalue weighted by Gasteiger charge is 2.15. The average molecular weight is 484 g/mol. The van der Waals surface area contributed by atoms with Gasteiger partial charge < -0.3 is 10.6 Å². The molecule has 0 aromatic heterocycles. The lowest BCUT2D eigenvalue weighted by atomic mass is 10.1. The maximum absolute atomic E-state index is 12.0. The number of sulfonamides is 1. The molecule has 0 atom stereocenters. The van der Waals surface area contributed by atoms with E-state index in [0.717, 1.165) is 26.2 Å². The Morgan fingerprint density at radius 3 is 1.84 bits per heavy atom. The van der Waals surface area contributed by atoms with Crippen LogP contribution in [-0.4, -0.2) is 25.3 Å². The SMILES string of the molecule is CCCCCCCCCCCCCC(=O)NC(=S)Nc1ccc(S(=O)(=O)NC(C)=O)cc1. The first-order valence-corrected chi connectivity index (χ1v) is 13.4. The zero-order valence-corrected chi connectivity index (χ0v) is 20.9. The summed E-state index contributed by atoms with van der Waals surface area (Å²) in [5, 5.41) is 5.66. The van der Waals surface area contributed by atoms with Gasteiger partial charge in [-0.25, -0.2) is 13.1 Å². The minimum atomic E-state index is -3.88. The number of carbonyl (C=O) groups is 2. The fraction of sp³-hybridized carbons (Fsp3) is 0.609. The summed E-state index contributed by atoms with van der Waals surface area (Å²) >= 11 is 5.14. The molecular weight excluding hydrogens is 446 g/mol. The first-order chi connectivity index (χ1) is 15.2. The van der Waals surface area contributed by atoms with E-state index in [1.807, 2.05) is 4.72 Å². The first-order valence-electron chi connectivity index (χ1n) is 11.5. The summed E-state index contributed by atoms with van der Waals surface area (Å²) in [6.07, 6.45) is 13.9. The molecule has 1 rings (SSSR count). The molecule has 0 aliphatic rings. The molecule has 0 unspecified atom stereocenters. The monoisotopic (exact) mass is 483 g/mol. The van der Waals surface area contributed by atoms with Crippen molar-refractivity contribution in [2.24, 2.45) is 0 Å². The Labute approximate surface area is 198 Å². The van der Waals surface area contributed by atoms with E-state index >= 15 is 0 Å². The zero-order valence-electron chi connectivity index (χ0n) is 19.2. The molecule has 3 N–H and O–H groups in total. The maximum Gasteiger partial charge on any atom is 0.264 e. The summed E-state index contributed by atoms with van der Waals surface area (Å²) in [6, 6.07) is 5.72. The fourth-order valence-corrected chi connectivity index (χ4v) is 4.49. The van der Waals surface area contributed by atoms with Gasteiger partial charge in [-0.3, -0.25) is 9.59 Å². The van der Waals surface area contributed by atoms with Crippen LogP contribution in [0.3, 0.4) is 0 Å². The van der Waals surface area contributed by atoms with Crippen molar-refractivity contribution in [1.82, 2.24) is 10.0 Å². The van der Waals surface area contributed by atoms with Crippen LogP contribution >= 0.6 is 12.2 Å². The van der Waals surface area contributed by atoms with Gasteiger partial charge in [0.1, 0.15) is 0 Å². The second-order valence-corrected chi connectivity index (χ2v) is 10.1. The highest BCUT2D eigenvalue weighted by molar-refractivity contribution is 7.90. The second-order valence-electron chi connectivity index (χ2n) is 7.97. The molecule has 9 heteroatoms. The van der Waals surface area contributed by atoms with Crippen LogP contribution < -0.4 is 15.4 Å². The third-order valence-electron chi connectivity index (χ3n) is 4.96. The minimum absolute atomic E-state index is 0.0373. The molecule has 0 saturated heterocycles. The molecule has 2 amide bonds. The summed E-state index contributed by atoms with van der Waals surface area (Å²) in [6.45, 7) is 3.36. The molecule has 0 bridgehead atoms. The van der Waals surface area contributed by atoms with Gasteiger partial charge in [0, 0.05) is 19.0 Å². The first kappa shape index (κ1) is 28.0. The fourth-order valence-electron chi connectivity index (χ4n) is 3.27. The molecule has 32 heavy (non-hydrogen) atoms. The van der Waals surface area contributed by atoms with Gasteiger partial charge in [0.15, 0.2) is 5.11 Å². The number of benzene rings is 1. The lowest BCUT2D eigenvalue weighted by Crippen LogP contribution is -2.33. The predicted octanol–water partition coefficient (Wildman–Crippen LogP) is 5.03. The molecule has 0 aliphatic carbocycles. The number of hydrogen-bond donors (Lipinski definition) is 3. The summed E-state index contributed by atoms with van der Waals surface area (Å²) in [7, 11) is -3.88. The van der Waals surface area contributed by atoms with Crippen LogP contribution in [0.25, 0.3) is 0 Å². The molecule has 0 heterocycles. The van der Waals surface area contributed by atoms with Gasteiger partial charge in [-0.05, 0) is 42.9 Å². The Morgan fingerprint density at radius 2 is 1.34 bits per heavy atom. The van der Waals surface area contributed by atoms with Crippen LogP contribution in [0.15, 0.2) is 29.2 Å². The van der Waals surface area contributed by atoms with E-state index < -0.39 is 15.9 Å². The molecule has 0 fully saturated rings. The Kier molecular flexibility index (Phi) is 13.8. The van der Waals surface area contributed by atoms with Crippen LogP contribution in [0.4, 0.5) is 5.69 Å². The summed E-state index contributed by atoms with van der Waals surface area (Å²) in [5.74, 6) is -0.794. The van der Waals surface area contributed by atoms with Crippen molar-refractivity contribution in [3.05, 3.63) is 24.3 Å². The van der Waals surface area contributed by atoms with Gasteiger partial charge in [0.2, 0.25) is 11.8 Å². The lowest BCUT2D eigenvalue weighted by Gasteiger charge is -2.10. The third-order valence-corrected chi connectivity index (χ3v) is 6.61. The van der Waals surface area contributed by atoms with Crippen LogP contribution in [0.2, 0.25) is 0 Å². The summed E-state index contributed by atoms with van der Waals surface area (Å²) in [4.78, 5) is 23.0. The number of nitrogens with one attached hydrogen (secondary N) is 3. The van der Waals surface area contributed by atoms with Gasteiger partial charge in [-0.15, -0.1) is 0 Å². The van der Waals surface area contributed by atoms with Gasteiger partial charge >= 0.3 is 0 Å². The highest BCUT2D eigenvalue weighted by Crippen LogP contribution is 2.14. The van der Waals surface area contributed by atoms with Crippen molar-refractivity contribution in [2.45, 2.75) is 95.8 Å². The van der Waals surface area contributed by atoms with Crippen LogP contribution in [0.1, 0.15) is 90.9 Å². The van der Waals surface area contributed by atoms with Crippen molar-refractivity contribution < 1.29 is 18.0 Å². The van der Waals surface area contributed by atoms with Gasteiger partial charge in [0.25, 0.3) is 10.0 Å². The van der Waals surface area contributed by atoms with E-state index in [1.165, 1.54) is 75.6 Å². The number of hydrogen-bond acceptors (Lipinski definition) is 5. The van der Waals surface area contributed by atoms with E-state index in [1.54, 1.807) is 0 Å². The Bertz CT molecular complexity index is 824. The van der Waals surface area contributed by atoms with E-state index in [0.29, 0.717) is 12.1 Å². The quantitative estimate of drug-likeness (QED) is 0.239. The maximum atomic E-state index is 12.0. The Morgan fingerprint density at radius 1 is 0.844 bits per heavy atom. The van der Waals surface area contributed by atoms with Crippen molar-refractivity contribution in [3.63, 3.8) is 0 Å². The van der Waals surface area contributed by atoms with Crippen LogP contribution in [0.5, 0.6) is 0 Å². The highest BCUT2D eigenvalue weighted by atomic mass is 32.2. The minimum Gasteiger partial charge on any atom is -0.332 e. The summed E-state index contributed by atoms with van der Waals surface area (Å²) < 4.78 is 25.8. The standard InChI is InChI=1S/C23H37N3O4S2/c1-3-4-5-6-7-8-9-10-11-12-13-14-22(28)25-23(31)24-20-15-17-21(18-16-20)32(29,30)26-19(2)27/h15-18H,3-14H2,1-2H3,(H,26,27)(H2,24,25,28,31). The second kappa shape index (κ2) is 15.7. The van der Waals surface area contributed by atoms with Gasteiger partial charge in [-0.1, -0.05) is 71.1 Å². The zero-order chi connectivity index (χ0) is 23.8. The number of carbonyl (C=O) groups excluding carboxylic acids is 2. The Balaban J connectivity index is 2.19. The normalized spacial score (nSPS) is 11.1. The Hall–Kier alpha value is -2.00. The van der Waals surface area contributed by atoms with Crippen LogP contribution in [0, 0.1) is 0 Å².